The molecule has 0 unspecified atom stereocenters. The van der Waals surface area contributed by atoms with E-state index in [2.05, 4.69) is 5.32 Å². The Balaban J connectivity index is 1.85. The molecule has 0 saturated carbocycles. The summed E-state index contributed by atoms with van der Waals surface area (Å²) in [7, 11) is -1.92. The topological polar surface area (TPSA) is 66.5 Å². The number of nitrogens with zero attached hydrogens (tertiary/aromatic N) is 1. The summed E-state index contributed by atoms with van der Waals surface area (Å²) in [5.41, 5.74) is 2.61. The van der Waals surface area contributed by atoms with Gasteiger partial charge in [-0.1, -0.05) is 48.5 Å². The number of amides is 1. The first-order valence-corrected chi connectivity index (χ1v) is 10.4. The average molecular weight is 382 g/mol. The van der Waals surface area contributed by atoms with Crippen LogP contribution in [0.2, 0.25) is 0 Å². The predicted molar refractivity (Wildman–Crippen MR) is 110 cm³/mol. The van der Waals surface area contributed by atoms with Crippen LogP contribution in [0.15, 0.2) is 60.7 Å². The molecular formula is C21H22N2O3S. The maximum atomic E-state index is 12.7. The zero-order valence-electron chi connectivity index (χ0n) is 15.6. The van der Waals surface area contributed by atoms with Crippen molar-refractivity contribution >= 4 is 32.4 Å². The molecule has 0 heterocycles. The van der Waals surface area contributed by atoms with Gasteiger partial charge in [0.15, 0.2) is 0 Å². The van der Waals surface area contributed by atoms with E-state index in [0.29, 0.717) is 23.4 Å². The number of sulfonamides is 1. The van der Waals surface area contributed by atoms with Gasteiger partial charge in [-0.15, -0.1) is 0 Å². The van der Waals surface area contributed by atoms with Gasteiger partial charge in [0.1, 0.15) is 0 Å². The summed E-state index contributed by atoms with van der Waals surface area (Å²) in [5, 5.41) is 5.17. The maximum absolute atomic E-state index is 12.7. The Hall–Kier alpha value is -2.86. The van der Waals surface area contributed by atoms with E-state index in [4.69, 9.17) is 0 Å². The van der Waals surface area contributed by atoms with Gasteiger partial charge < -0.3 is 5.32 Å². The molecule has 27 heavy (non-hydrogen) atoms. The minimum atomic E-state index is -3.40. The number of fused-ring (bicyclic) bond motifs is 1. The number of carbonyl (C=O) groups is 1. The fraction of sp³-hybridized carbons (Fsp3) is 0.190. The fourth-order valence-corrected chi connectivity index (χ4v) is 3.66. The van der Waals surface area contributed by atoms with Gasteiger partial charge in [-0.2, -0.15) is 0 Å². The van der Waals surface area contributed by atoms with Crippen molar-refractivity contribution in [3.8, 4) is 0 Å². The molecule has 6 heteroatoms. The lowest BCUT2D eigenvalue weighted by molar-refractivity contribution is 0.0950. The van der Waals surface area contributed by atoms with E-state index in [0.717, 1.165) is 22.6 Å². The Kier molecular flexibility index (Phi) is 5.19. The van der Waals surface area contributed by atoms with Crippen molar-refractivity contribution in [1.82, 2.24) is 5.32 Å². The standard InChI is InChI=1S/C21H22N2O3S/c1-15-18(12-7-13-20(15)23(2)27(3,25)26)21(24)22-14-17-10-6-9-16-8-4-5-11-19(16)17/h4-13H,14H2,1-3H3,(H,22,24). The second-order valence-electron chi connectivity index (χ2n) is 6.50. The predicted octanol–water partition coefficient (Wildman–Crippen LogP) is 3.47. The lowest BCUT2D eigenvalue weighted by Gasteiger charge is -2.20. The first-order chi connectivity index (χ1) is 12.8. The minimum absolute atomic E-state index is 0.232. The van der Waals surface area contributed by atoms with Crippen molar-refractivity contribution in [3.05, 3.63) is 77.4 Å². The molecule has 1 amide bonds. The van der Waals surface area contributed by atoms with E-state index < -0.39 is 10.0 Å². The molecule has 0 bridgehead atoms. The van der Waals surface area contributed by atoms with Crippen molar-refractivity contribution in [2.75, 3.05) is 17.6 Å². The van der Waals surface area contributed by atoms with Crippen molar-refractivity contribution in [2.24, 2.45) is 0 Å². The van der Waals surface area contributed by atoms with Crippen LogP contribution < -0.4 is 9.62 Å². The molecule has 3 aromatic rings. The van der Waals surface area contributed by atoms with Crippen LogP contribution in [-0.2, 0) is 16.6 Å². The van der Waals surface area contributed by atoms with E-state index in [9.17, 15) is 13.2 Å². The summed E-state index contributed by atoms with van der Waals surface area (Å²) in [4.78, 5) is 12.7. The third-order valence-electron chi connectivity index (χ3n) is 4.71. The van der Waals surface area contributed by atoms with Crippen LogP contribution in [0.1, 0.15) is 21.5 Å². The Morgan fingerprint density at radius 2 is 1.67 bits per heavy atom. The molecule has 0 aliphatic rings. The molecule has 0 aliphatic heterocycles. The van der Waals surface area contributed by atoms with Crippen molar-refractivity contribution in [3.63, 3.8) is 0 Å². The summed E-state index contributed by atoms with van der Waals surface area (Å²) >= 11 is 0. The van der Waals surface area contributed by atoms with Gasteiger partial charge in [-0.3, -0.25) is 9.10 Å². The molecule has 1 N–H and O–H groups in total. The van der Waals surface area contributed by atoms with Crippen LogP contribution in [-0.4, -0.2) is 27.6 Å². The summed E-state index contributed by atoms with van der Waals surface area (Å²) < 4.78 is 24.8. The van der Waals surface area contributed by atoms with Gasteiger partial charge in [-0.25, -0.2) is 8.42 Å². The van der Waals surface area contributed by atoms with Crippen molar-refractivity contribution in [2.45, 2.75) is 13.5 Å². The SMILES string of the molecule is Cc1c(C(=O)NCc2cccc3ccccc23)cccc1N(C)S(C)(=O)=O. The van der Waals surface area contributed by atoms with Crippen LogP contribution in [0, 0.1) is 6.92 Å². The minimum Gasteiger partial charge on any atom is -0.348 e. The molecule has 5 nitrogen and oxygen atoms in total. The van der Waals surface area contributed by atoms with Gasteiger partial charge in [0.2, 0.25) is 10.0 Å². The molecule has 0 atom stereocenters. The molecule has 0 spiro atoms. The van der Waals surface area contributed by atoms with Gasteiger partial charge in [0.25, 0.3) is 5.91 Å². The molecule has 0 aliphatic carbocycles. The molecule has 0 saturated heterocycles. The highest BCUT2D eigenvalue weighted by Crippen LogP contribution is 2.24. The molecule has 0 radical (unpaired) electrons. The second-order valence-corrected chi connectivity index (χ2v) is 8.51. The normalized spacial score (nSPS) is 11.4. The fourth-order valence-electron chi connectivity index (χ4n) is 3.11. The molecule has 140 valence electrons. The molecule has 0 aromatic heterocycles. The number of benzene rings is 3. The lowest BCUT2D eigenvalue weighted by atomic mass is 10.0. The van der Waals surface area contributed by atoms with Crippen LogP contribution in [0.4, 0.5) is 5.69 Å². The van der Waals surface area contributed by atoms with Crippen LogP contribution >= 0.6 is 0 Å². The monoisotopic (exact) mass is 382 g/mol. The Labute approximate surface area is 159 Å². The van der Waals surface area contributed by atoms with Crippen LogP contribution in [0.25, 0.3) is 10.8 Å². The third-order valence-corrected chi connectivity index (χ3v) is 5.90. The van der Waals surface area contributed by atoms with E-state index >= 15 is 0 Å². The summed E-state index contributed by atoms with van der Waals surface area (Å²) in [6, 6.07) is 19.1. The summed E-state index contributed by atoms with van der Waals surface area (Å²) in [5.74, 6) is -0.232. The number of hydrogen-bond acceptors (Lipinski definition) is 3. The highest BCUT2D eigenvalue weighted by Gasteiger charge is 2.18. The number of nitrogens with one attached hydrogen (secondary N) is 1. The maximum Gasteiger partial charge on any atom is 0.251 e. The number of carbonyl (C=O) groups excluding carboxylic acids is 1. The van der Waals surface area contributed by atoms with Gasteiger partial charge in [0.05, 0.1) is 11.9 Å². The van der Waals surface area contributed by atoms with E-state index in [1.54, 1.807) is 25.1 Å². The van der Waals surface area contributed by atoms with Crippen LogP contribution in [0.5, 0.6) is 0 Å². The van der Waals surface area contributed by atoms with Gasteiger partial charge in [0, 0.05) is 19.2 Å². The van der Waals surface area contributed by atoms with E-state index in [1.165, 1.54) is 11.4 Å². The number of hydrogen-bond donors (Lipinski definition) is 1. The summed E-state index contributed by atoms with van der Waals surface area (Å²) in [6.07, 6.45) is 1.14. The average Bonchev–Trinajstić information content (AvgIpc) is 2.65. The van der Waals surface area contributed by atoms with E-state index in [1.807, 2.05) is 42.5 Å². The van der Waals surface area contributed by atoms with Gasteiger partial charge in [-0.05, 0) is 41.0 Å². The first kappa shape index (κ1) is 18.9. The molecule has 3 aromatic carbocycles. The van der Waals surface area contributed by atoms with Crippen LogP contribution in [0.3, 0.4) is 0 Å². The summed E-state index contributed by atoms with van der Waals surface area (Å²) in [6.45, 7) is 2.15. The largest absolute Gasteiger partial charge is 0.348 e. The zero-order valence-corrected chi connectivity index (χ0v) is 16.4. The smallest absolute Gasteiger partial charge is 0.251 e. The molecule has 3 rings (SSSR count). The Morgan fingerprint density at radius 3 is 2.41 bits per heavy atom. The number of anilines is 1. The van der Waals surface area contributed by atoms with Crippen molar-refractivity contribution < 1.29 is 13.2 Å². The second kappa shape index (κ2) is 7.40. The number of rotatable bonds is 5. The Bertz CT molecular complexity index is 1100. The van der Waals surface area contributed by atoms with E-state index in [-0.39, 0.29) is 5.91 Å². The highest BCUT2D eigenvalue weighted by atomic mass is 32.2. The Morgan fingerprint density at radius 1 is 1.00 bits per heavy atom. The highest BCUT2D eigenvalue weighted by molar-refractivity contribution is 7.92. The quantitative estimate of drug-likeness (QED) is 0.735. The molecular weight excluding hydrogens is 360 g/mol. The zero-order chi connectivity index (χ0) is 19.6. The van der Waals surface area contributed by atoms with Gasteiger partial charge >= 0.3 is 0 Å². The third kappa shape index (κ3) is 3.95. The van der Waals surface area contributed by atoms with Crippen molar-refractivity contribution in [1.29, 1.82) is 0 Å². The lowest BCUT2D eigenvalue weighted by Crippen LogP contribution is -2.28. The molecule has 0 fully saturated rings. The first-order valence-electron chi connectivity index (χ1n) is 8.57.